The van der Waals surface area contributed by atoms with Crippen molar-refractivity contribution in [1.82, 2.24) is 9.97 Å². The van der Waals surface area contributed by atoms with E-state index in [4.69, 9.17) is 0 Å². The summed E-state index contributed by atoms with van der Waals surface area (Å²) in [6, 6.07) is 12.8. The molecule has 0 fully saturated rings. The largest absolute Gasteiger partial charge is 0.256 e. The molecule has 2 aromatic heterocycles. The molecule has 3 aromatic rings. The molecule has 1 unspecified atom stereocenters. The predicted octanol–water partition coefficient (Wildman–Crippen LogP) is 5.12. The molecule has 0 radical (unpaired) electrons. The van der Waals surface area contributed by atoms with Gasteiger partial charge in [0.1, 0.15) is 0 Å². The first-order chi connectivity index (χ1) is 10.2. The van der Waals surface area contributed by atoms with Crippen molar-refractivity contribution < 1.29 is 0 Å². The van der Waals surface area contributed by atoms with Crippen LogP contribution in [0, 0.1) is 6.92 Å². The van der Waals surface area contributed by atoms with Crippen molar-refractivity contribution in [3.05, 3.63) is 59.9 Å². The second-order valence-electron chi connectivity index (χ2n) is 5.71. The fraction of sp³-hybridized carbons (Fsp3) is 0.263. The first-order valence-electron chi connectivity index (χ1n) is 7.50. The zero-order chi connectivity index (χ0) is 14.8. The number of hydrogen-bond donors (Lipinski definition) is 0. The Labute approximate surface area is 125 Å². The molecular formula is C19H20N2. The summed E-state index contributed by atoms with van der Waals surface area (Å²) < 4.78 is 0. The summed E-state index contributed by atoms with van der Waals surface area (Å²) in [4.78, 5) is 9.03. The van der Waals surface area contributed by atoms with Gasteiger partial charge in [0.25, 0.3) is 0 Å². The number of pyridine rings is 2. The van der Waals surface area contributed by atoms with Crippen LogP contribution in [-0.2, 0) is 0 Å². The van der Waals surface area contributed by atoms with Crippen LogP contribution < -0.4 is 0 Å². The molecule has 0 aliphatic carbocycles. The van der Waals surface area contributed by atoms with Crippen molar-refractivity contribution in [2.45, 2.75) is 33.1 Å². The van der Waals surface area contributed by atoms with Gasteiger partial charge in [-0.2, -0.15) is 0 Å². The monoisotopic (exact) mass is 276 g/mol. The first-order valence-corrected chi connectivity index (χ1v) is 7.50. The van der Waals surface area contributed by atoms with E-state index < -0.39 is 0 Å². The molecule has 3 rings (SSSR count). The van der Waals surface area contributed by atoms with Crippen LogP contribution in [0.25, 0.3) is 22.2 Å². The lowest BCUT2D eigenvalue weighted by Crippen LogP contribution is -1.94. The van der Waals surface area contributed by atoms with E-state index in [1.165, 1.54) is 16.7 Å². The summed E-state index contributed by atoms with van der Waals surface area (Å²) >= 11 is 0. The Bertz CT molecular complexity index is 777. The average Bonchev–Trinajstić information content (AvgIpc) is 2.53. The van der Waals surface area contributed by atoms with Gasteiger partial charge in [-0.05, 0) is 55.2 Å². The molecule has 2 heterocycles. The van der Waals surface area contributed by atoms with Crippen molar-refractivity contribution in [2.24, 2.45) is 0 Å². The number of fused-ring (bicyclic) bond motifs is 1. The molecular weight excluding hydrogens is 256 g/mol. The lowest BCUT2D eigenvalue weighted by atomic mass is 9.94. The molecule has 0 N–H and O–H groups in total. The summed E-state index contributed by atoms with van der Waals surface area (Å²) in [7, 11) is 0. The van der Waals surface area contributed by atoms with Gasteiger partial charge in [-0.25, -0.2) is 0 Å². The summed E-state index contributed by atoms with van der Waals surface area (Å²) in [5.74, 6) is 0.572. The number of hydrogen-bond acceptors (Lipinski definition) is 2. The third kappa shape index (κ3) is 2.80. The van der Waals surface area contributed by atoms with Crippen LogP contribution in [0.4, 0.5) is 0 Å². The highest BCUT2D eigenvalue weighted by atomic mass is 14.7. The molecule has 2 heteroatoms. The predicted molar refractivity (Wildman–Crippen MR) is 88.4 cm³/mol. The van der Waals surface area contributed by atoms with Crippen molar-refractivity contribution in [3.63, 3.8) is 0 Å². The number of aryl methyl sites for hydroxylation is 1. The number of nitrogens with zero attached hydrogens (tertiary/aromatic N) is 2. The highest BCUT2D eigenvalue weighted by Crippen LogP contribution is 2.27. The van der Waals surface area contributed by atoms with Gasteiger partial charge < -0.3 is 0 Å². The minimum absolute atomic E-state index is 0.572. The highest BCUT2D eigenvalue weighted by Gasteiger charge is 2.08. The van der Waals surface area contributed by atoms with E-state index in [0.717, 1.165) is 23.0 Å². The minimum atomic E-state index is 0.572. The highest BCUT2D eigenvalue weighted by molar-refractivity contribution is 5.81. The van der Waals surface area contributed by atoms with Crippen molar-refractivity contribution in [3.8, 4) is 11.3 Å². The third-order valence-corrected chi connectivity index (χ3v) is 4.06. The Morgan fingerprint density at radius 2 is 1.95 bits per heavy atom. The maximum absolute atomic E-state index is 4.60. The number of rotatable bonds is 3. The molecule has 1 aromatic carbocycles. The molecule has 0 bridgehead atoms. The second-order valence-corrected chi connectivity index (χ2v) is 5.71. The van der Waals surface area contributed by atoms with Crippen LogP contribution in [0.5, 0.6) is 0 Å². The van der Waals surface area contributed by atoms with Crippen LogP contribution in [0.2, 0.25) is 0 Å². The van der Waals surface area contributed by atoms with Gasteiger partial charge >= 0.3 is 0 Å². The Balaban J connectivity index is 2.11. The molecule has 0 aliphatic rings. The van der Waals surface area contributed by atoms with Gasteiger partial charge in [-0.15, -0.1) is 0 Å². The minimum Gasteiger partial charge on any atom is -0.256 e. The Morgan fingerprint density at radius 1 is 1.10 bits per heavy atom. The molecule has 0 spiro atoms. The molecule has 2 nitrogen and oxygen atoms in total. The number of aromatic nitrogens is 2. The van der Waals surface area contributed by atoms with Crippen LogP contribution >= 0.6 is 0 Å². The van der Waals surface area contributed by atoms with Crippen LogP contribution in [-0.4, -0.2) is 9.97 Å². The lowest BCUT2D eigenvalue weighted by Gasteiger charge is -2.12. The summed E-state index contributed by atoms with van der Waals surface area (Å²) in [5.41, 5.74) is 5.84. The standard InChI is InChI=1S/C19H20N2/c1-4-14(3)16-8-13(2)9-17(10-16)19-11-18-15(12-21-19)6-5-7-20-18/h5-12,14H,4H2,1-3H3. The first kappa shape index (κ1) is 13.7. The molecule has 0 saturated carbocycles. The van der Waals surface area contributed by atoms with E-state index in [-0.39, 0.29) is 0 Å². The van der Waals surface area contributed by atoms with E-state index in [1.54, 1.807) is 0 Å². The molecule has 106 valence electrons. The van der Waals surface area contributed by atoms with E-state index >= 15 is 0 Å². The Hall–Kier alpha value is -2.22. The summed E-state index contributed by atoms with van der Waals surface area (Å²) in [6.07, 6.45) is 4.88. The van der Waals surface area contributed by atoms with E-state index in [1.807, 2.05) is 24.5 Å². The summed E-state index contributed by atoms with van der Waals surface area (Å²) in [6.45, 7) is 6.65. The second kappa shape index (κ2) is 5.65. The van der Waals surface area contributed by atoms with Crippen molar-refractivity contribution in [2.75, 3.05) is 0 Å². The molecule has 1 atom stereocenters. The van der Waals surface area contributed by atoms with E-state index in [2.05, 4.69) is 55.0 Å². The maximum Gasteiger partial charge on any atom is 0.0739 e. The van der Waals surface area contributed by atoms with Crippen molar-refractivity contribution >= 4 is 10.9 Å². The third-order valence-electron chi connectivity index (χ3n) is 4.06. The summed E-state index contributed by atoms with van der Waals surface area (Å²) in [5, 5.41) is 1.08. The lowest BCUT2D eigenvalue weighted by molar-refractivity contribution is 0.733. The topological polar surface area (TPSA) is 25.8 Å². The van der Waals surface area contributed by atoms with Crippen LogP contribution in [0.3, 0.4) is 0 Å². The molecule has 0 aliphatic heterocycles. The fourth-order valence-corrected chi connectivity index (χ4v) is 2.60. The zero-order valence-electron chi connectivity index (χ0n) is 12.8. The van der Waals surface area contributed by atoms with Gasteiger partial charge in [-0.3, -0.25) is 9.97 Å². The smallest absolute Gasteiger partial charge is 0.0739 e. The van der Waals surface area contributed by atoms with Gasteiger partial charge in [0.2, 0.25) is 0 Å². The van der Waals surface area contributed by atoms with Crippen LogP contribution in [0.15, 0.2) is 48.8 Å². The Morgan fingerprint density at radius 3 is 2.76 bits per heavy atom. The Kier molecular flexibility index (Phi) is 3.70. The molecule has 0 amide bonds. The maximum atomic E-state index is 4.60. The van der Waals surface area contributed by atoms with Crippen LogP contribution in [0.1, 0.15) is 37.3 Å². The van der Waals surface area contributed by atoms with Gasteiger partial charge in [0, 0.05) is 23.3 Å². The number of benzene rings is 1. The normalized spacial score (nSPS) is 12.5. The average molecular weight is 276 g/mol. The quantitative estimate of drug-likeness (QED) is 0.663. The SMILES string of the molecule is CCC(C)c1cc(C)cc(-c2cc3ncccc3cn2)c1. The zero-order valence-corrected chi connectivity index (χ0v) is 12.8. The molecule has 21 heavy (non-hydrogen) atoms. The van der Waals surface area contributed by atoms with Gasteiger partial charge in [0.15, 0.2) is 0 Å². The van der Waals surface area contributed by atoms with Gasteiger partial charge in [0.05, 0.1) is 11.2 Å². The van der Waals surface area contributed by atoms with E-state index in [0.29, 0.717) is 5.92 Å². The van der Waals surface area contributed by atoms with Gasteiger partial charge in [-0.1, -0.05) is 25.5 Å². The van der Waals surface area contributed by atoms with E-state index in [9.17, 15) is 0 Å². The van der Waals surface area contributed by atoms with Crippen molar-refractivity contribution in [1.29, 1.82) is 0 Å². The molecule has 0 saturated heterocycles. The fourth-order valence-electron chi connectivity index (χ4n) is 2.60.